The van der Waals surface area contributed by atoms with Crippen LogP contribution in [0.15, 0.2) is 30.5 Å². The molecule has 0 fully saturated rings. The van der Waals surface area contributed by atoms with Crippen molar-refractivity contribution in [2.75, 3.05) is 5.32 Å². The van der Waals surface area contributed by atoms with Crippen LogP contribution in [0.4, 0.5) is 5.69 Å². The number of hydrogen-bond donors (Lipinski definition) is 2. The van der Waals surface area contributed by atoms with Crippen LogP contribution in [0.25, 0.3) is 10.9 Å². The highest BCUT2D eigenvalue weighted by atomic mass is 15.5. The number of aromatic amines is 1. The van der Waals surface area contributed by atoms with Crippen molar-refractivity contribution < 1.29 is 0 Å². The van der Waals surface area contributed by atoms with Crippen LogP contribution in [-0.2, 0) is 0 Å². The molecule has 7 nitrogen and oxygen atoms in total. The normalized spacial score (nSPS) is 12.5. The highest BCUT2D eigenvalue weighted by Crippen LogP contribution is 2.23. The van der Waals surface area contributed by atoms with Gasteiger partial charge >= 0.3 is 0 Å². The first-order chi connectivity index (χ1) is 8.84. The second-order valence-electron chi connectivity index (χ2n) is 3.91. The predicted octanol–water partition coefficient (Wildman–Crippen LogP) is 1.32. The smallest absolute Gasteiger partial charge is 0.196 e. The van der Waals surface area contributed by atoms with Gasteiger partial charge in [0.15, 0.2) is 5.82 Å². The van der Waals surface area contributed by atoms with Crippen molar-refractivity contribution in [3.05, 3.63) is 36.3 Å². The van der Waals surface area contributed by atoms with E-state index < -0.39 is 0 Å². The standard InChI is InChI=1S/C11H11N7/c1-7(11-15-17-18-16-11)13-10-6-12-14-9-5-3-2-4-8(9)10/h2-7H,1H3,(H,13,14)(H,15,16,17,18). The summed E-state index contributed by atoms with van der Waals surface area (Å²) in [7, 11) is 0. The fourth-order valence-electron chi connectivity index (χ4n) is 1.77. The van der Waals surface area contributed by atoms with Gasteiger partial charge in [0.2, 0.25) is 0 Å². The third kappa shape index (κ3) is 1.86. The molecule has 3 rings (SSSR count). The van der Waals surface area contributed by atoms with Gasteiger partial charge in [-0.25, -0.2) is 0 Å². The van der Waals surface area contributed by atoms with Crippen LogP contribution in [0.5, 0.6) is 0 Å². The summed E-state index contributed by atoms with van der Waals surface area (Å²) in [5.74, 6) is 0.607. The maximum absolute atomic E-state index is 4.07. The molecule has 3 aromatic rings. The summed E-state index contributed by atoms with van der Waals surface area (Å²) >= 11 is 0. The molecule has 1 unspecified atom stereocenters. The number of anilines is 1. The van der Waals surface area contributed by atoms with E-state index in [1.54, 1.807) is 6.20 Å². The van der Waals surface area contributed by atoms with Gasteiger partial charge in [0.1, 0.15) is 0 Å². The Morgan fingerprint density at radius 1 is 1.22 bits per heavy atom. The van der Waals surface area contributed by atoms with Gasteiger partial charge in [-0.15, -0.1) is 10.2 Å². The van der Waals surface area contributed by atoms with Crippen molar-refractivity contribution >= 4 is 16.6 Å². The lowest BCUT2D eigenvalue weighted by Crippen LogP contribution is -2.09. The zero-order valence-electron chi connectivity index (χ0n) is 9.70. The summed E-state index contributed by atoms with van der Waals surface area (Å²) in [6.45, 7) is 1.96. The maximum Gasteiger partial charge on any atom is 0.196 e. The van der Waals surface area contributed by atoms with Gasteiger partial charge in [-0.1, -0.05) is 23.4 Å². The number of hydrogen-bond acceptors (Lipinski definition) is 6. The minimum Gasteiger partial charge on any atom is -0.373 e. The lowest BCUT2D eigenvalue weighted by atomic mass is 10.2. The number of nitrogens with zero attached hydrogens (tertiary/aromatic N) is 5. The lowest BCUT2D eigenvalue weighted by molar-refractivity contribution is 0.793. The van der Waals surface area contributed by atoms with Gasteiger partial charge in [0.05, 0.1) is 23.4 Å². The number of rotatable bonds is 3. The molecule has 2 N–H and O–H groups in total. The number of benzene rings is 1. The predicted molar refractivity (Wildman–Crippen MR) is 65.8 cm³/mol. The van der Waals surface area contributed by atoms with Gasteiger partial charge in [-0.3, -0.25) is 0 Å². The first-order valence-electron chi connectivity index (χ1n) is 5.55. The Hall–Kier alpha value is -2.57. The molecule has 1 atom stereocenters. The molecule has 1 aromatic carbocycles. The van der Waals surface area contributed by atoms with Gasteiger partial charge < -0.3 is 5.32 Å². The number of fused-ring (bicyclic) bond motifs is 1. The topological polar surface area (TPSA) is 92.3 Å². The minimum atomic E-state index is -0.0589. The molecule has 0 aliphatic heterocycles. The summed E-state index contributed by atoms with van der Waals surface area (Å²) < 4.78 is 0. The zero-order chi connectivity index (χ0) is 12.4. The number of nitrogens with one attached hydrogen (secondary N) is 2. The van der Waals surface area contributed by atoms with Crippen LogP contribution in [-0.4, -0.2) is 30.8 Å². The van der Waals surface area contributed by atoms with Gasteiger partial charge in [0.25, 0.3) is 0 Å². The lowest BCUT2D eigenvalue weighted by Gasteiger charge is -2.12. The summed E-state index contributed by atoms with van der Waals surface area (Å²) in [6, 6.07) is 7.76. The highest BCUT2D eigenvalue weighted by molar-refractivity contribution is 5.90. The molecule has 90 valence electrons. The molecule has 2 heterocycles. The molecule has 0 spiro atoms. The van der Waals surface area contributed by atoms with E-state index >= 15 is 0 Å². The Labute approximate surface area is 103 Å². The van der Waals surface area contributed by atoms with E-state index in [1.165, 1.54) is 0 Å². The first kappa shape index (κ1) is 10.6. The molecule has 0 bridgehead atoms. The van der Waals surface area contributed by atoms with Crippen molar-refractivity contribution in [2.45, 2.75) is 13.0 Å². The largest absolute Gasteiger partial charge is 0.373 e. The summed E-state index contributed by atoms with van der Waals surface area (Å²) in [5.41, 5.74) is 1.75. The molecule has 0 aliphatic rings. The van der Waals surface area contributed by atoms with Crippen LogP contribution < -0.4 is 5.32 Å². The molecule has 0 saturated carbocycles. The van der Waals surface area contributed by atoms with Crippen molar-refractivity contribution in [1.82, 2.24) is 30.8 Å². The van der Waals surface area contributed by atoms with E-state index in [0.29, 0.717) is 5.82 Å². The Kier molecular flexibility index (Phi) is 2.56. The number of tetrazole rings is 1. The molecular formula is C11H11N7. The molecule has 0 aliphatic carbocycles. The Bertz CT molecular complexity index is 644. The van der Waals surface area contributed by atoms with Crippen LogP contribution in [0, 0.1) is 0 Å². The molecule has 7 heteroatoms. The van der Waals surface area contributed by atoms with E-state index in [9.17, 15) is 0 Å². The van der Waals surface area contributed by atoms with Gasteiger partial charge in [-0.05, 0) is 13.0 Å². The SMILES string of the molecule is CC(Nc1cnnc2ccccc12)c1nn[nH]n1. The fraction of sp³-hybridized carbons (Fsp3) is 0.182. The molecule has 2 aromatic heterocycles. The van der Waals surface area contributed by atoms with Crippen LogP contribution in [0.1, 0.15) is 18.8 Å². The van der Waals surface area contributed by atoms with Gasteiger partial charge in [0, 0.05) is 5.39 Å². The van der Waals surface area contributed by atoms with Crippen LogP contribution in [0.3, 0.4) is 0 Å². The van der Waals surface area contributed by atoms with E-state index in [0.717, 1.165) is 16.6 Å². The monoisotopic (exact) mass is 241 g/mol. The molecular weight excluding hydrogens is 230 g/mol. The minimum absolute atomic E-state index is 0.0589. The molecule has 18 heavy (non-hydrogen) atoms. The average molecular weight is 241 g/mol. The third-order valence-corrected chi connectivity index (χ3v) is 2.67. The molecule has 0 amide bonds. The summed E-state index contributed by atoms with van der Waals surface area (Å²) in [6.07, 6.45) is 1.69. The molecule has 0 radical (unpaired) electrons. The third-order valence-electron chi connectivity index (χ3n) is 2.67. The van der Waals surface area contributed by atoms with Crippen LogP contribution in [0.2, 0.25) is 0 Å². The first-order valence-corrected chi connectivity index (χ1v) is 5.55. The Morgan fingerprint density at radius 3 is 2.94 bits per heavy atom. The zero-order valence-corrected chi connectivity index (χ0v) is 9.70. The van der Waals surface area contributed by atoms with E-state index in [4.69, 9.17) is 0 Å². The Balaban J connectivity index is 1.95. The summed E-state index contributed by atoms with van der Waals surface area (Å²) in [4.78, 5) is 0. The van der Waals surface area contributed by atoms with Crippen LogP contribution >= 0.6 is 0 Å². The quantitative estimate of drug-likeness (QED) is 0.718. The van der Waals surface area contributed by atoms with Crippen molar-refractivity contribution in [2.24, 2.45) is 0 Å². The highest BCUT2D eigenvalue weighted by Gasteiger charge is 2.11. The van der Waals surface area contributed by atoms with E-state index in [1.807, 2.05) is 31.2 Å². The van der Waals surface area contributed by atoms with Crippen molar-refractivity contribution in [3.63, 3.8) is 0 Å². The fourth-order valence-corrected chi connectivity index (χ4v) is 1.77. The number of H-pyrrole nitrogens is 1. The second-order valence-corrected chi connectivity index (χ2v) is 3.91. The van der Waals surface area contributed by atoms with E-state index in [2.05, 4.69) is 36.1 Å². The van der Waals surface area contributed by atoms with Gasteiger partial charge in [-0.2, -0.15) is 15.4 Å². The maximum atomic E-state index is 4.07. The van der Waals surface area contributed by atoms with Crippen molar-refractivity contribution in [1.29, 1.82) is 0 Å². The van der Waals surface area contributed by atoms with Crippen molar-refractivity contribution in [3.8, 4) is 0 Å². The summed E-state index contributed by atoms with van der Waals surface area (Å²) in [5, 5.41) is 26.2. The molecule has 0 saturated heterocycles. The van der Waals surface area contributed by atoms with E-state index in [-0.39, 0.29) is 6.04 Å². The second kappa shape index (κ2) is 4.36. The number of aromatic nitrogens is 6. The Morgan fingerprint density at radius 2 is 2.11 bits per heavy atom. The average Bonchev–Trinajstić information content (AvgIpc) is 2.93.